The molecule has 0 aliphatic carbocycles. The van der Waals surface area contributed by atoms with Gasteiger partial charge in [0.2, 0.25) is 0 Å². The highest BCUT2D eigenvalue weighted by Gasteiger charge is 2.27. The third-order valence-corrected chi connectivity index (χ3v) is 3.91. The first-order chi connectivity index (χ1) is 14.4. The minimum absolute atomic E-state index is 0.00404. The maximum Gasteiger partial charge on any atom is 0.414 e. The lowest BCUT2D eigenvalue weighted by Gasteiger charge is -2.25. The molecular weight excluding hydrogens is 392 g/mol. The molecule has 2 aromatic rings. The molecule has 0 radical (unpaired) electrons. The topological polar surface area (TPSA) is 134 Å². The zero-order valence-corrected chi connectivity index (χ0v) is 16.1. The van der Waals surface area contributed by atoms with Crippen LogP contribution in [0.15, 0.2) is 66.7 Å². The molecule has 0 heterocycles. The van der Waals surface area contributed by atoms with E-state index in [9.17, 15) is 19.5 Å². The summed E-state index contributed by atoms with van der Waals surface area (Å²) < 4.78 is 11.0. The Hall–Kier alpha value is -3.69. The lowest BCUT2D eigenvalue weighted by molar-refractivity contribution is -0.124. The summed E-state index contributed by atoms with van der Waals surface area (Å²) in [5.74, 6) is -1.44. The van der Waals surface area contributed by atoms with Gasteiger partial charge in [-0.25, -0.2) is 10.3 Å². The fraction of sp³-hybridized carbons (Fsp3) is 0.190. The van der Waals surface area contributed by atoms with E-state index >= 15 is 0 Å². The van der Waals surface area contributed by atoms with Gasteiger partial charge in [-0.3, -0.25) is 20.1 Å². The van der Waals surface area contributed by atoms with E-state index < -0.39 is 30.1 Å². The number of hydrogen-bond donors (Lipinski definition) is 4. The first kappa shape index (κ1) is 22.6. The zero-order valence-electron chi connectivity index (χ0n) is 16.1. The monoisotopic (exact) mass is 414 g/mol. The molecule has 158 valence electrons. The van der Waals surface area contributed by atoms with Crippen LogP contribution in [0.25, 0.3) is 0 Å². The maximum absolute atomic E-state index is 12.4. The average Bonchev–Trinajstić information content (AvgIpc) is 2.76. The second kappa shape index (κ2) is 11.3. The number of benzene rings is 2. The van der Waals surface area contributed by atoms with Gasteiger partial charge in [-0.15, -0.1) is 0 Å². The van der Waals surface area contributed by atoms with Gasteiger partial charge in [-0.05, 0) is 42.8 Å². The van der Waals surface area contributed by atoms with Gasteiger partial charge in [0.15, 0.2) is 6.10 Å². The SMILES string of the molecule is CCO[C@H](/C=C/C(=O)NO)[C@H](OC(=O)NC(=O)c1ccccc1)c1ccc(O)cc1. The Bertz CT molecular complexity index is 882. The average molecular weight is 414 g/mol. The minimum Gasteiger partial charge on any atom is -0.508 e. The molecule has 0 fully saturated rings. The molecule has 0 saturated carbocycles. The Morgan fingerprint density at radius 1 is 1.07 bits per heavy atom. The van der Waals surface area contributed by atoms with Crippen LogP contribution in [0.2, 0.25) is 0 Å². The van der Waals surface area contributed by atoms with Crippen LogP contribution in [-0.4, -0.2) is 40.9 Å². The van der Waals surface area contributed by atoms with E-state index in [1.165, 1.54) is 35.8 Å². The summed E-state index contributed by atoms with van der Waals surface area (Å²) in [7, 11) is 0. The first-order valence-electron chi connectivity index (χ1n) is 9.04. The highest BCUT2D eigenvalue weighted by Crippen LogP contribution is 2.26. The highest BCUT2D eigenvalue weighted by molar-refractivity contribution is 6.02. The third-order valence-electron chi connectivity index (χ3n) is 3.91. The summed E-state index contributed by atoms with van der Waals surface area (Å²) in [5.41, 5.74) is 2.18. The van der Waals surface area contributed by atoms with Gasteiger partial charge in [0.25, 0.3) is 11.8 Å². The van der Waals surface area contributed by atoms with Crippen molar-refractivity contribution in [3.05, 3.63) is 77.9 Å². The summed E-state index contributed by atoms with van der Waals surface area (Å²) in [6, 6.07) is 13.9. The number of hydrogen-bond acceptors (Lipinski definition) is 7. The summed E-state index contributed by atoms with van der Waals surface area (Å²) in [6.45, 7) is 1.93. The number of amides is 3. The van der Waals surface area contributed by atoms with E-state index in [4.69, 9.17) is 14.7 Å². The van der Waals surface area contributed by atoms with Crippen LogP contribution in [0.5, 0.6) is 5.75 Å². The fourth-order valence-electron chi connectivity index (χ4n) is 2.54. The van der Waals surface area contributed by atoms with Crippen LogP contribution in [-0.2, 0) is 14.3 Å². The van der Waals surface area contributed by atoms with Crippen LogP contribution in [0.1, 0.15) is 28.9 Å². The van der Waals surface area contributed by atoms with Gasteiger partial charge in [-0.1, -0.05) is 30.3 Å². The number of rotatable bonds is 8. The summed E-state index contributed by atoms with van der Waals surface area (Å²) in [6.07, 6.45) is -0.679. The van der Waals surface area contributed by atoms with Crippen molar-refractivity contribution < 1.29 is 34.2 Å². The number of phenolic OH excluding ortho intramolecular Hbond substituents is 1. The standard InChI is InChI=1S/C21H22N2O7/c1-2-29-17(12-13-18(25)23-28)19(14-8-10-16(24)11-9-14)30-21(27)22-20(26)15-6-4-3-5-7-15/h3-13,17,19,24,28H,2H2,1H3,(H,23,25)(H,22,26,27)/b13-12+/t17-,19-/m1/s1. The van der Waals surface area contributed by atoms with Crippen LogP contribution in [0.4, 0.5) is 4.79 Å². The smallest absolute Gasteiger partial charge is 0.414 e. The van der Waals surface area contributed by atoms with Gasteiger partial charge >= 0.3 is 6.09 Å². The Morgan fingerprint density at radius 3 is 2.33 bits per heavy atom. The molecule has 2 rings (SSSR count). The zero-order chi connectivity index (χ0) is 21.9. The number of carbonyl (C=O) groups is 3. The molecule has 0 saturated heterocycles. The highest BCUT2D eigenvalue weighted by atomic mass is 16.6. The number of nitrogens with one attached hydrogen (secondary N) is 2. The number of imide groups is 1. The summed E-state index contributed by atoms with van der Waals surface area (Å²) in [5, 5.41) is 20.3. The molecular formula is C21H22N2O7. The lowest BCUT2D eigenvalue weighted by atomic mass is 10.0. The van der Waals surface area contributed by atoms with Crippen molar-refractivity contribution in [1.29, 1.82) is 0 Å². The van der Waals surface area contributed by atoms with Crippen LogP contribution in [0.3, 0.4) is 0 Å². The Kier molecular flexibility index (Phi) is 8.55. The van der Waals surface area contributed by atoms with Crippen LogP contribution >= 0.6 is 0 Å². The van der Waals surface area contributed by atoms with E-state index in [0.29, 0.717) is 5.56 Å². The van der Waals surface area contributed by atoms with Crippen LogP contribution in [0, 0.1) is 0 Å². The molecule has 3 amide bonds. The number of hydroxylamine groups is 1. The van der Waals surface area contributed by atoms with Crippen molar-refractivity contribution in [2.24, 2.45) is 0 Å². The van der Waals surface area contributed by atoms with E-state index in [-0.39, 0.29) is 17.9 Å². The molecule has 0 spiro atoms. The van der Waals surface area contributed by atoms with Crippen molar-refractivity contribution in [1.82, 2.24) is 10.8 Å². The van der Waals surface area contributed by atoms with Gasteiger partial charge in [0.1, 0.15) is 11.9 Å². The Balaban J connectivity index is 2.24. The third kappa shape index (κ3) is 6.73. The molecule has 0 aliphatic rings. The maximum atomic E-state index is 12.4. The molecule has 2 atom stereocenters. The summed E-state index contributed by atoms with van der Waals surface area (Å²) in [4.78, 5) is 35.9. The van der Waals surface area contributed by atoms with E-state index in [1.807, 2.05) is 0 Å². The molecule has 9 nitrogen and oxygen atoms in total. The van der Waals surface area contributed by atoms with Crippen LogP contribution < -0.4 is 10.8 Å². The molecule has 4 N–H and O–H groups in total. The number of alkyl carbamates (subject to hydrolysis) is 1. The molecule has 0 unspecified atom stereocenters. The molecule has 0 aliphatic heterocycles. The van der Waals surface area contributed by atoms with Gasteiger partial charge < -0.3 is 14.6 Å². The normalized spacial score (nSPS) is 12.7. The van der Waals surface area contributed by atoms with Gasteiger partial charge in [-0.2, -0.15) is 0 Å². The molecule has 0 bridgehead atoms. The number of carbonyl (C=O) groups excluding carboxylic acids is 3. The molecule has 2 aromatic carbocycles. The largest absolute Gasteiger partial charge is 0.508 e. The second-order valence-corrected chi connectivity index (χ2v) is 5.99. The Morgan fingerprint density at radius 2 is 1.73 bits per heavy atom. The van der Waals surface area contributed by atoms with E-state index in [0.717, 1.165) is 6.08 Å². The van der Waals surface area contributed by atoms with Gasteiger partial charge in [0.05, 0.1) is 0 Å². The lowest BCUT2D eigenvalue weighted by Crippen LogP contribution is -2.35. The van der Waals surface area contributed by atoms with E-state index in [1.54, 1.807) is 37.3 Å². The fourth-order valence-corrected chi connectivity index (χ4v) is 2.54. The van der Waals surface area contributed by atoms with Crippen molar-refractivity contribution in [3.63, 3.8) is 0 Å². The predicted molar refractivity (Wildman–Crippen MR) is 106 cm³/mol. The predicted octanol–water partition coefficient (Wildman–Crippen LogP) is 2.47. The molecule has 0 aromatic heterocycles. The molecule has 9 heteroatoms. The Labute approximate surface area is 172 Å². The number of aromatic hydroxyl groups is 1. The summed E-state index contributed by atoms with van der Waals surface area (Å²) >= 11 is 0. The number of ether oxygens (including phenoxy) is 2. The van der Waals surface area contributed by atoms with Crippen molar-refractivity contribution in [2.45, 2.75) is 19.1 Å². The van der Waals surface area contributed by atoms with Crippen molar-refractivity contribution in [2.75, 3.05) is 6.61 Å². The van der Waals surface area contributed by atoms with Crippen molar-refractivity contribution >= 4 is 17.9 Å². The minimum atomic E-state index is -1.06. The molecule has 30 heavy (non-hydrogen) atoms. The van der Waals surface area contributed by atoms with Crippen molar-refractivity contribution in [3.8, 4) is 5.75 Å². The first-order valence-corrected chi connectivity index (χ1v) is 9.04. The second-order valence-electron chi connectivity index (χ2n) is 5.99. The van der Waals surface area contributed by atoms with Gasteiger partial charge in [0, 0.05) is 18.2 Å². The number of phenols is 1. The van der Waals surface area contributed by atoms with E-state index in [2.05, 4.69) is 5.32 Å². The quantitative estimate of drug-likeness (QED) is 0.296.